The highest BCUT2D eigenvalue weighted by atomic mass is 32.1. The van der Waals surface area contributed by atoms with E-state index in [1.54, 1.807) is 11.3 Å². The zero-order valence-electron chi connectivity index (χ0n) is 9.76. The minimum absolute atomic E-state index is 0.0453. The minimum atomic E-state index is 0.0453. The van der Waals surface area contributed by atoms with Gasteiger partial charge < -0.3 is 10.2 Å². The summed E-state index contributed by atoms with van der Waals surface area (Å²) in [4.78, 5) is 14.7. The van der Waals surface area contributed by atoms with Crippen LogP contribution in [-0.2, 0) is 11.2 Å². The van der Waals surface area contributed by atoms with Crippen molar-refractivity contribution in [1.82, 2.24) is 4.90 Å². The maximum Gasteiger partial charge on any atom is 0.239 e. The van der Waals surface area contributed by atoms with Crippen LogP contribution < -0.4 is 5.32 Å². The average Bonchev–Trinajstić information content (AvgIpc) is 2.44. The number of likely N-dealkylation sites (N-methyl/N-ethyl adjacent to an activating group) is 1. The van der Waals surface area contributed by atoms with Gasteiger partial charge in [0.25, 0.3) is 0 Å². The Hall–Kier alpha value is -0.870. The number of aryl methyl sites for hydroxylation is 2. The standard InChI is InChI=1S/C11H18N2OS/c1-5-9-8(2)6-11(15-9)12-10(14)7-13(3)4/h6H,5,7H2,1-4H3,(H,12,14). The lowest BCUT2D eigenvalue weighted by Crippen LogP contribution is -2.26. The summed E-state index contributed by atoms with van der Waals surface area (Å²) in [6, 6.07) is 2.04. The average molecular weight is 226 g/mol. The Balaban J connectivity index is 2.60. The van der Waals surface area contributed by atoms with Crippen molar-refractivity contribution in [1.29, 1.82) is 0 Å². The van der Waals surface area contributed by atoms with Crippen molar-refractivity contribution in [3.8, 4) is 0 Å². The molecule has 0 spiro atoms. The molecule has 0 radical (unpaired) electrons. The number of carbonyl (C=O) groups excluding carboxylic acids is 1. The molecule has 15 heavy (non-hydrogen) atoms. The van der Waals surface area contributed by atoms with E-state index in [0.717, 1.165) is 11.4 Å². The fourth-order valence-electron chi connectivity index (χ4n) is 1.40. The fourth-order valence-corrected chi connectivity index (χ4v) is 2.43. The summed E-state index contributed by atoms with van der Waals surface area (Å²) in [6.07, 6.45) is 1.03. The van der Waals surface area contributed by atoms with Crippen LogP contribution in [0.2, 0.25) is 0 Å². The molecular formula is C11H18N2OS. The zero-order valence-corrected chi connectivity index (χ0v) is 10.6. The van der Waals surface area contributed by atoms with Gasteiger partial charge in [-0.1, -0.05) is 6.92 Å². The summed E-state index contributed by atoms with van der Waals surface area (Å²) in [6.45, 7) is 4.64. The van der Waals surface area contributed by atoms with E-state index in [1.165, 1.54) is 10.4 Å². The van der Waals surface area contributed by atoms with Crippen molar-refractivity contribution < 1.29 is 4.79 Å². The number of rotatable bonds is 4. The van der Waals surface area contributed by atoms with Crippen molar-refractivity contribution in [2.45, 2.75) is 20.3 Å². The second kappa shape index (κ2) is 5.28. The van der Waals surface area contributed by atoms with Gasteiger partial charge in [-0.15, -0.1) is 11.3 Å². The summed E-state index contributed by atoms with van der Waals surface area (Å²) in [5.74, 6) is 0.0453. The van der Waals surface area contributed by atoms with E-state index in [-0.39, 0.29) is 5.91 Å². The first kappa shape index (κ1) is 12.2. The number of hydrogen-bond acceptors (Lipinski definition) is 3. The van der Waals surface area contributed by atoms with E-state index in [1.807, 2.05) is 25.1 Å². The van der Waals surface area contributed by atoms with Crippen LogP contribution >= 0.6 is 11.3 Å². The Labute approximate surface area is 95.1 Å². The molecule has 0 aliphatic rings. The number of nitrogens with one attached hydrogen (secondary N) is 1. The van der Waals surface area contributed by atoms with Crippen LogP contribution in [0.1, 0.15) is 17.4 Å². The summed E-state index contributed by atoms with van der Waals surface area (Å²) in [7, 11) is 3.77. The Morgan fingerprint density at radius 3 is 2.67 bits per heavy atom. The zero-order chi connectivity index (χ0) is 11.4. The summed E-state index contributed by atoms with van der Waals surface area (Å²) >= 11 is 1.66. The summed E-state index contributed by atoms with van der Waals surface area (Å²) in [5.41, 5.74) is 1.27. The van der Waals surface area contributed by atoms with Gasteiger partial charge in [-0.25, -0.2) is 0 Å². The molecule has 1 aromatic rings. The summed E-state index contributed by atoms with van der Waals surface area (Å²) < 4.78 is 0. The van der Waals surface area contributed by atoms with Crippen molar-refractivity contribution in [2.75, 3.05) is 26.0 Å². The molecule has 0 atom stereocenters. The Kier molecular flexibility index (Phi) is 4.29. The Bertz CT molecular complexity index is 344. The van der Waals surface area contributed by atoms with Crippen LogP contribution in [0.15, 0.2) is 6.07 Å². The molecular weight excluding hydrogens is 208 g/mol. The van der Waals surface area contributed by atoms with Gasteiger partial charge >= 0.3 is 0 Å². The normalized spacial score (nSPS) is 10.7. The number of carbonyl (C=O) groups is 1. The number of amides is 1. The van der Waals surface area contributed by atoms with E-state index in [9.17, 15) is 4.79 Å². The fraction of sp³-hybridized carbons (Fsp3) is 0.545. The van der Waals surface area contributed by atoms with Crippen LogP contribution in [0.25, 0.3) is 0 Å². The molecule has 0 aliphatic carbocycles. The quantitative estimate of drug-likeness (QED) is 0.853. The highest BCUT2D eigenvalue weighted by Gasteiger charge is 2.07. The van der Waals surface area contributed by atoms with Gasteiger partial charge in [0, 0.05) is 4.88 Å². The van der Waals surface area contributed by atoms with E-state index in [2.05, 4.69) is 19.2 Å². The third-order valence-corrected chi connectivity index (χ3v) is 3.36. The number of thiophene rings is 1. The largest absolute Gasteiger partial charge is 0.317 e. The van der Waals surface area contributed by atoms with Gasteiger partial charge in [0.1, 0.15) is 0 Å². The van der Waals surface area contributed by atoms with E-state index >= 15 is 0 Å². The Morgan fingerprint density at radius 2 is 2.20 bits per heavy atom. The highest BCUT2D eigenvalue weighted by molar-refractivity contribution is 7.16. The van der Waals surface area contributed by atoms with Gasteiger partial charge in [-0.3, -0.25) is 4.79 Å². The Morgan fingerprint density at radius 1 is 1.53 bits per heavy atom. The van der Waals surface area contributed by atoms with Crippen LogP contribution in [0.4, 0.5) is 5.00 Å². The molecule has 1 aromatic heterocycles. The summed E-state index contributed by atoms with van der Waals surface area (Å²) in [5, 5.41) is 3.86. The van der Waals surface area contributed by atoms with Crippen LogP contribution in [0.5, 0.6) is 0 Å². The molecule has 1 N–H and O–H groups in total. The maximum atomic E-state index is 11.5. The molecule has 1 rings (SSSR count). The van der Waals surface area contributed by atoms with Crippen LogP contribution in [0.3, 0.4) is 0 Å². The first-order valence-electron chi connectivity index (χ1n) is 5.06. The monoisotopic (exact) mass is 226 g/mol. The molecule has 0 aliphatic heterocycles. The first-order chi connectivity index (χ1) is 7.02. The van der Waals surface area contributed by atoms with Gasteiger partial charge in [-0.2, -0.15) is 0 Å². The van der Waals surface area contributed by atoms with E-state index in [0.29, 0.717) is 6.54 Å². The molecule has 0 saturated carbocycles. The van der Waals surface area contributed by atoms with Crippen LogP contribution in [0, 0.1) is 6.92 Å². The third-order valence-electron chi connectivity index (χ3n) is 2.06. The second-order valence-corrected chi connectivity index (χ2v) is 4.99. The molecule has 0 bridgehead atoms. The van der Waals surface area contributed by atoms with Crippen molar-refractivity contribution >= 4 is 22.2 Å². The molecule has 3 nitrogen and oxygen atoms in total. The van der Waals surface area contributed by atoms with Crippen molar-refractivity contribution in [3.05, 3.63) is 16.5 Å². The predicted molar refractivity (Wildman–Crippen MR) is 65.6 cm³/mol. The van der Waals surface area contributed by atoms with E-state index in [4.69, 9.17) is 0 Å². The molecule has 1 heterocycles. The number of nitrogens with zero attached hydrogens (tertiary/aromatic N) is 1. The SMILES string of the molecule is CCc1sc(NC(=O)CN(C)C)cc1C. The molecule has 0 fully saturated rings. The molecule has 4 heteroatoms. The van der Waals surface area contributed by atoms with Crippen molar-refractivity contribution in [2.24, 2.45) is 0 Å². The van der Waals surface area contributed by atoms with Gasteiger partial charge in [0.05, 0.1) is 11.5 Å². The topological polar surface area (TPSA) is 32.3 Å². The second-order valence-electron chi connectivity index (χ2n) is 3.86. The van der Waals surface area contributed by atoms with Crippen LogP contribution in [-0.4, -0.2) is 31.4 Å². The molecule has 0 saturated heterocycles. The minimum Gasteiger partial charge on any atom is -0.317 e. The molecule has 84 valence electrons. The maximum absolute atomic E-state index is 11.5. The molecule has 1 amide bonds. The van der Waals surface area contributed by atoms with E-state index < -0.39 is 0 Å². The lowest BCUT2D eigenvalue weighted by Gasteiger charge is -2.08. The molecule has 0 aromatic carbocycles. The lowest BCUT2D eigenvalue weighted by atomic mass is 10.2. The third kappa shape index (κ3) is 3.64. The first-order valence-corrected chi connectivity index (χ1v) is 5.88. The smallest absolute Gasteiger partial charge is 0.239 e. The lowest BCUT2D eigenvalue weighted by molar-refractivity contribution is -0.116. The number of anilines is 1. The van der Waals surface area contributed by atoms with Gasteiger partial charge in [0.15, 0.2) is 0 Å². The predicted octanol–water partition coefficient (Wildman–Crippen LogP) is 2.12. The van der Waals surface area contributed by atoms with Gasteiger partial charge in [0.2, 0.25) is 5.91 Å². The van der Waals surface area contributed by atoms with Crippen molar-refractivity contribution in [3.63, 3.8) is 0 Å². The highest BCUT2D eigenvalue weighted by Crippen LogP contribution is 2.26. The van der Waals surface area contributed by atoms with Gasteiger partial charge in [-0.05, 0) is 39.1 Å². The number of hydrogen-bond donors (Lipinski definition) is 1. The molecule has 0 unspecified atom stereocenters.